The second kappa shape index (κ2) is 12.6. The van der Waals surface area contributed by atoms with E-state index in [2.05, 4.69) is 131 Å². The van der Waals surface area contributed by atoms with Gasteiger partial charge in [0.05, 0.1) is 0 Å². The number of rotatable bonds is 6. The molecule has 0 spiro atoms. The van der Waals surface area contributed by atoms with E-state index < -0.39 is 6.15 Å². The Morgan fingerprint density at radius 1 is 0.487 bits per heavy atom. The Hall–Kier alpha value is -4.14. The maximum atomic E-state index is 7.05. The summed E-state index contributed by atoms with van der Waals surface area (Å²) in [7, 11) is 0. The summed E-state index contributed by atoms with van der Waals surface area (Å²) in [5, 5.41) is 7.05. The molecule has 0 aliphatic heterocycles. The molecule has 0 fully saturated rings. The molecule has 0 atom stereocenters. The van der Waals surface area contributed by atoms with E-state index in [-0.39, 0.29) is 6.61 Å². The normalized spacial score (nSPS) is 10.9. The maximum absolute atomic E-state index is 7.05. The Morgan fingerprint density at radius 2 is 0.769 bits per heavy atom. The van der Waals surface area contributed by atoms with Crippen LogP contribution in [-0.4, -0.2) is 17.9 Å². The van der Waals surface area contributed by atoms with Gasteiger partial charge in [0.25, 0.3) is 0 Å². The summed E-state index contributed by atoms with van der Waals surface area (Å²) < 4.78 is 0. The molecule has 2 N–H and O–H groups in total. The summed E-state index contributed by atoms with van der Waals surface area (Å²) >= 11 is 0. The highest BCUT2D eigenvalue weighted by Crippen LogP contribution is 2.13. The van der Waals surface area contributed by atoms with Crippen LogP contribution in [0.5, 0.6) is 0 Å². The smallest absolute Gasteiger partial charge is 0.169 e. The number of hydrogen-bond acceptors (Lipinski definition) is 0. The van der Waals surface area contributed by atoms with Crippen molar-refractivity contribution in [2.45, 2.75) is 27.7 Å². The highest BCUT2D eigenvalue weighted by atomic mass is 16.3. The van der Waals surface area contributed by atoms with Gasteiger partial charge >= 0.3 is 0 Å². The van der Waals surface area contributed by atoms with E-state index in [0.717, 1.165) is 11.1 Å². The molecule has 2 heteroatoms. The lowest BCUT2D eigenvalue weighted by Gasteiger charge is -2.44. The highest BCUT2D eigenvalue weighted by molar-refractivity contribution is 7.19. The molecule has 0 aliphatic rings. The Labute approximate surface area is 234 Å². The van der Waals surface area contributed by atoms with Crippen molar-refractivity contribution in [3.63, 3.8) is 0 Å². The SMILES string of the molecule is C=C(C[OH2+])c1ccccc1.Cc1ccc([B-](c2ccc(C)cc2)(c2ccc(C)cc2)c2ccc(C)cc2)cc1. The van der Waals surface area contributed by atoms with Crippen LogP contribution in [0.25, 0.3) is 5.57 Å². The molecule has 5 aromatic carbocycles. The molecule has 1 nitrogen and oxygen atoms in total. The first-order chi connectivity index (χ1) is 18.8. The molecule has 0 unspecified atom stereocenters. The van der Waals surface area contributed by atoms with Crippen molar-refractivity contribution in [3.05, 3.63) is 162 Å². The number of benzene rings is 5. The number of hydrogen-bond donors (Lipinski definition) is 0. The predicted molar refractivity (Wildman–Crippen MR) is 173 cm³/mol. The molecule has 5 rings (SSSR count). The molecular weight excluding hydrogens is 471 g/mol. The molecule has 0 amide bonds. The van der Waals surface area contributed by atoms with Crippen LogP contribution >= 0.6 is 0 Å². The minimum absolute atomic E-state index is 0.282. The first kappa shape index (κ1) is 27.9. The van der Waals surface area contributed by atoms with Crippen LogP contribution < -0.4 is 21.9 Å². The quantitative estimate of drug-likeness (QED) is 0.206. The second-order valence-electron chi connectivity index (χ2n) is 10.7. The second-order valence-corrected chi connectivity index (χ2v) is 10.7. The lowest BCUT2D eigenvalue weighted by Crippen LogP contribution is -2.74. The van der Waals surface area contributed by atoms with Gasteiger partial charge in [-0.3, -0.25) is 0 Å². The largest absolute Gasteiger partial charge is 0.442 e. The maximum Gasteiger partial charge on any atom is 0.169 e. The van der Waals surface area contributed by atoms with Crippen LogP contribution in [0.15, 0.2) is 134 Å². The molecule has 5 aromatic rings. The van der Waals surface area contributed by atoms with Gasteiger partial charge in [-0.15, -0.1) is 0 Å². The van der Waals surface area contributed by atoms with E-state index in [0.29, 0.717) is 0 Å². The fraction of sp³-hybridized carbons (Fsp3) is 0.135. The third-order valence-electron chi connectivity index (χ3n) is 7.70. The Morgan fingerprint density at radius 3 is 1.03 bits per heavy atom. The lowest BCUT2D eigenvalue weighted by molar-refractivity contribution is 0.350. The van der Waals surface area contributed by atoms with Crippen molar-refractivity contribution in [2.75, 3.05) is 6.61 Å². The highest BCUT2D eigenvalue weighted by Gasteiger charge is 2.31. The average molecular weight is 511 g/mol. The van der Waals surface area contributed by atoms with E-state index >= 15 is 0 Å². The average Bonchev–Trinajstić information content (AvgIpc) is 2.97. The van der Waals surface area contributed by atoms with Crippen molar-refractivity contribution < 1.29 is 5.11 Å². The van der Waals surface area contributed by atoms with Gasteiger partial charge < -0.3 is 5.11 Å². The molecule has 0 bridgehead atoms. The van der Waals surface area contributed by atoms with E-state index in [1.807, 2.05) is 30.3 Å². The van der Waals surface area contributed by atoms with Crippen molar-refractivity contribution in [1.29, 1.82) is 0 Å². The molecule has 0 saturated heterocycles. The van der Waals surface area contributed by atoms with Gasteiger partial charge in [-0.2, -0.15) is 21.9 Å². The van der Waals surface area contributed by atoms with Crippen LogP contribution in [0, 0.1) is 27.7 Å². The minimum atomic E-state index is -1.27. The van der Waals surface area contributed by atoms with Crippen molar-refractivity contribution >= 4 is 33.6 Å². The zero-order valence-electron chi connectivity index (χ0n) is 23.6. The van der Waals surface area contributed by atoms with Crippen molar-refractivity contribution in [1.82, 2.24) is 0 Å². The topological polar surface area (TPSA) is 22.9 Å². The fourth-order valence-electron chi connectivity index (χ4n) is 5.35. The predicted octanol–water partition coefficient (Wildman–Crippen LogP) is 5.72. The van der Waals surface area contributed by atoms with E-state index in [9.17, 15) is 0 Å². The molecule has 0 aromatic heterocycles. The van der Waals surface area contributed by atoms with Crippen LogP contribution in [0.1, 0.15) is 27.8 Å². The molecule has 196 valence electrons. The van der Waals surface area contributed by atoms with Gasteiger partial charge in [-0.05, 0) is 33.3 Å². The monoisotopic (exact) mass is 510 g/mol. The van der Waals surface area contributed by atoms with E-state index in [4.69, 9.17) is 5.11 Å². The van der Waals surface area contributed by atoms with Crippen LogP contribution in [0.3, 0.4) is 0 Å². The molecule has 0 saturated carbocycles. The lowest BCUT2D eigenvalue weighted by atomic mass is 9.13. The van der Waals surface area contributed by atoms with Crippen molar-refractivity contribution in [3.8, 4) is 0 Å². The molecule has 0 heterocycles. The summed E-state index contributed by atoms with van der Waals surface area (Å²) in [5.74, 6) is 0. The van der Waals surface area contributed by atoms with Crippen molar-refractivity contribution in [2.24, 2.45) is 0 Å². The summed E-state index contributed by atoms with van der Waals surface area (Å²) in [5.41, 5.74) is 12.5. The third-order valence-corrected chi connectivity index (χ3v) is 7.70. The van der Waals surface area contributed by atoms with Gasteiger partial charge in [0.2, 0.25) is 0 Å². The first-order valence-corrected chi connectivity index (χ1v) is 13.7. The summed E-state index contributed by atoms with van der Waals surface area (Å²) in [4.78, 5) is 0. The Bertz CT molecular complexity index is 1290. The first-order valence-electron chi connectivity index (χ1n) is 13.7. The van der Waals surface area contributed by atoms with E-state index in [1.54, 1.807) is 0 Å². The van der Waals surface area contributed by atoms with Gasteiger partial charge in [-0.25, -0.2) is 0 Å². The van der Waals surface area contributed by atoms with Crippen LogP contribution in [0.2, 0.25) is 0 Å². The Balaban J connectivity index is 0.000000298. The molecule has 0 aliphatic carbocycles. The van der Waals surface area contributed by atoms with Crippen LogP contribution in [0.4, 0.5) is 0 Å². The number of aryl methyl sites for hydroxylation is 4. The van der Waals surface area contributed by atoms with E-state index in [1.165, 1.54) is 44.1 Å². The zero-order valence-corrected chi connectivity index (χ0v) is 23.6. The summed E-state index contributed by atoms with van der Waals surface area (Å²) in [6.45, 7) is 12.7. The standard InChI is InChI=1S/C28H28B.C9H10O/c1-21-5-13-25(14-6-21)29(26-15-7-22(2)8-16-26,27-17-9-23(3)10-18-27)28-19-11-24(4)12-20-28;1-8(7-10)9-5-3-2-4-6-9/h5-20H,1-4H3;2-6,10H,1,7H2/q-1;/p+1. The fourth-order valence-corrected chi connectivity index (χ4v) is 5.35. The van der Waals surface area contributed by atoms with Gasteiger partial charge in [0.1, 0.15) is 6.15 Å². The third kappa shape index (κ3) is 6.30. The van der Waals surface area contributed by atoms with Gasteiger partial charge in [0.15, 0.2) is 6.61 Å². The van der Waals surface area contributed by atoms with Gasteiger partial charge in [0, 0.05) is 5.57 Å². The minimum Gasteiger partial charge on any atom is -0.442 e. The summed E-state index contributed by atoms with van der Waals surface area (Å²) in [6, 6.07) is 46.2. The molecule has 0 radical (unpaired) electrons. The van der Waals surface area contributed by atoms with Crippen LogP contribution in [-0.2, 0) is 0 Å². The molecular formula is C37H39BO. The molecule has 39 heavy (non-hydrogen) atoms. The zero-order chi connectivity index (χ0) is 27.8. The Kier molecular flexibility index (Phi) is 9.01. The summed E-state index contributed by atoms with van der Waals surface area (Å²) in [6.07, 6.45) is -1.27. The van der Waals surface area contributed by atoms with Gasteiger partial charge in [-0.1, -0.05) is 156 Å².